The number of hydrogen-bond donors (Lipinski definition) is 0. The maximum atomic E-state index is 12.9. The zero-order valence-corrected chi connectivity index (χ0v) is 12.8. The molecule has 0 aliphatic carbocycles. The van der Waals surface area contributed by atoms with Gasteiger partial charge in [-0.15, -0.1) is 0 Å². The van der Waals surface area contributed by atoms with E-state index in [1.165, 1.54) is 12.1 Å². The van der Waals surface area contributed by atoms with Crippen molar-refractivity contribution in [2.75, 3.05) is 0 Å². The lowest BCUT2D eigenvalue weighted by atomic mass is 10.1. The van der Waals surface area contributed by atoms with Crippen molar-refractivity contribution in [3.05, 3.63) is 70.6 Å². The Balaban J connectivity index is 1.79. The third kappa shape index (κ3) is 3.05. The Labute approximate surface area is 130 Å². The first-order valence-electron chi connectivity index (χ1n) is 6.63. The maximum absolute atomic E-state index is 12.9. The zero-order valence-electron chi connectivity index (χ0n) is 11.2. The molecule has 0 aliphatic rings. The van der Waals surface area contributed by atoms with Crippen LogP contribution in [0.5, 0.6) is 0 Å². The van der Waals surface area contributed by atoms with Gasteiger partial charge in [0, 0.05) is 28.0 Å². The molecule has 0 aliphatic heterocycles. The van der Waals surface area contributed by atoms with Crippen LogP contribution in [-0.4, -0.2) is 10.4 Å². The summed E-state index contributed by atoms with van der Waals surface area (Å²) in [6.07, 6.45) is 2.23. The van der Waals surface area contributed by atoms with Crippen LogP contribution in [0.4, 0.5) is 4.39 Å². The Morgan fingerprint density at radius 3 is 2.57 bits per heavy atom. The molecule has 1 heterocycles. The highest BCUT2D eigenvalue weighted by Crippen LogP contribution is 2.25. The van der Waals surface area contributed by atoms with E-state index in [0.29, 0.717) is 13.0 Å². The molecule has 0 N–H and O–H groups in total. The number of para-hydroxylation sites is 1. The first kappa shape index (κ1) is 14.0. The smallest absolute Gasteiger partial charge is 0.156 e. The van der Waals surface area contributed by atoms with Crippen LogP contribution in [0.15, 0.2) is 59.2 Å². The minimum atomic E-state index is -0.286. The van der Waals surface area contributed by atoms with Gasteiger partial charge in [-0.3, -0.25) is 4.79 Å². The molecule has 0 bridgehead atoms. The van der Waals surface area contributed by atoms with E-state index in [1.54, 1.807) is 12.1 Å². The lowest BCUT2D eigenvalue weighted by molar-refractivity contribution is -0.118. The molecule has 0 atom stereocenters. The maximum Gasteiger partial charge on any atom is 0.156 e. The number of ketones is 1. The molecule has 3 rings (SSSR count). The molecule has 2 nitrogen and oxygen atoms in total. The summed E-state index contributed by atoms with van der Waals surface area (Å²) in [5.74, 6) is -0.193. The van der Waals surface area contributed by atoms with Crippen molar-refractivity contribution in [1.82, 2.24) is 4.57 Å². The van der Waals surface area contributed by atoms with Gasteiger partial charge in [0.15, 0.2) is 5.78 Å². The molecule has 0 saturated carbocycles. The Morgan fingerprint density at radius 2 is 1.81 bits per heavy atom. The monoisotopic (exact) mass is 345 g/mol. The summed E-state index contributed by atoms with van der Waals surface area (Å²) in [6, 6.07) is 14.0. The largest absolute Gasteiger partial charge is 0.339 e. The normalized spacial score (nSPS) is 11.0. The predicted octanol–water partition coefficient (Wildman–Crippen LogP) is 4.35. The molecule has 1 aromatic heterocycles. The Kier molecular flexibility index (Phi) is 3.88. The number of aromatic nitrogens is 1. The summed E-state index contributed by atoms with van der Waals surface area (Å²) in [7, 11) is 0. The highest BCUT2D eigenvalue weighted by molar-refractivity contribution is 9.10. The van der Waals surface area contributed by atoms with Crippen molar-refractivity contribution in [2.45, 2.75) is 13.0 Å². The van der Waals surface area contributed by atoms with Crippen molar-refractivity contribution < 1.29 is 9.18 Å². The van der Waals surface area contributed by atoms with Gasteiger partial charge in [-0.1, -0.05) is 30.3 Å². The lowest BCUT2D eigenvalue weighted by Crippen LogP contribution is -2.11. The van der Waals surface area contributed by atoms with Gasteiger partial charge in [0.25, 0.3) is 0 Å². The molecule has 0 radical (unpaired) electrons. The number of carbonyl (C=O) groups excluding carboxylic acids is 1. The van der Waals surface area contributed by atoms with Crippen LogP contribution in [0, 0.1) is 5.82 Å². The van der Waals surface area contributed by atoms with Crippen LogP contribution in [0.2, 0.25) is 0 Å². The van der Waals surface area contributed by atoms with Crippen molar-refractivity contribution in [2.24, 2.45) is 0 Å². The van der Waals surface area contributed by atoms with Gasteiger partial charge < -0.3 is 4.57 Å². The van der Waals surface area contributed by atoms with E-state index >= 15 is 0 Å². The fourth-order valence-corrected chi connectivity index (χ4v) is 2.99. The molecule has 0 fully saturated rings. The van der Waals surface area contributed by atoms with E-state index in [4.69, 9.17) is 0 Å². The topological polar surface area (TPSA) is 22.0 Å². The number of benzene rings is 2. The number of nitrogens with zero attached hydrogens (tertiary/aromatic N) is 1. The first-order chi connectivity index (χ1) is 10.1. The molecular formula is C17H13BrFNO. The highest BCUT2D eigenvalue weighted by atomic mass is 79.9. The molecule has 2 aromatic carbocycles. The van der Waals surface area contributed by atoms with Crippen LogP contribution in [-0.2, 0) is 17.8 Å². The third-order valence-corrected chi connectivity index (χ3v) is 4.03. The van der Waals surface area contributed by atoms with Crippen LogP contribution in [0.1, 0.15) is 5.56 Å². The van der Waals surface area contributed by atoms with Gasteiger partial charge in [-0.25, -0.2) is 4.39 Å². The molecule has 0 unspecified atom stereocenters. The average Bonchev–Trinajstić information content (AvgIpc) is 2.78. The summed E-state index contributed by atoms with van der Waals surface area (Å²) in [4.78, 5) is 12.2. The molecular weight excluding hydrogens is 333 g/mol. The van der Waals surface area contributed by atoms with Crippen molar-refractivity contribution in [3.8, 4) is 0 Å². The number of rotatable bonds is 4. The van der Waals surface area contributed by atoms with Gasteiger partial charge in [0.05, 0.1) is 6.54 Å². The molecule has 0 spiro atoms. The molecule has 0 saturated heterocycles. The average molecular weight is 346 g/mol. The van der Waals surface area contributed by atoms with Gasteiger partial charge in [-0.2, -0.15) is 0 Å². The quantitative estimate of drug-likeness (QED) is 0.688. The number of hydrogen-bond acceptors (Lipinski definition) is 1. The van der Waals surface area contributed by atoms with Gasteiger partial charge in [0.2, 0.25) is 0 Å². The minimum absolute atomic E-state index is 0.0925. The Morgan fingerprint density at radius 1 is 1.10 bits per heavy atom. The molecule has 4 heteroatoms. The molecule has 21 heavy (non-hydrogen) atoms. The second kappa shape index (κ2) is 5.82. The number of Topliss-reactive ketones (excluding diaryl/α,β-unsaturated/α-hetero) is 1. The fourth-order valence-electron chi connectivity index (χ4n) is 2.41. The summed E-state index contributed by atoms with van der Waals surface area (Å²) in [5, 5.41) is 1.09. The summed E-state index contributed by atoms with van der Waals surface area (Å²) in [6.45, 7) is 0.309. The van der Waals surface area contributed by atoms with E-state index in [1.807, 2.05) is 35.0 Å². The van der Waals surface area contributed by atoms with Crippen molar-refractivity contribution in [1.29, 1.82) is 0 Å². The lowest BCUT2D eigenvalue weighted by Gasteiger charge is -2.05. The predicted molar refractivity (Wildman–Crippen MR) is 84.7 cm³/mol. The Bertz CT molecular complexity index is 792. The van der Waals surface area contributed by atoms with E-state index in [-0.39, 0.29) is 11.6 Å². The van der Waals surface area contributed by atoms with Crippen LogP contribution in [0.3, 0.4) is 0 Å². The van der Waals surface area contributed by atoms with E-state index < -0.39 is 0 Å². The van der Waals surface area contributed by atoms with Gasteiger partial charge in [-0.05, 0) is 39.7 Å². The second-order valence-electron chi connectivity index (χ2n) is 4.96. The van der Waals surface area contributed by atoms with E-state index in [0.717, 1.165) is 20.9 Å². The summed E-state index contributed by atoms with van der Waals surface area (Å²) in [5.41, 5.74) is 1.86. The third-order valence-electron chi connectivity index (χ3n) is 3.40. The van der Waals surface area contributed by atoms with Crippen molar-refractivity contribution >= 4 is 32.6 Å². The number of halogens is 2. The zero-order chi connectivity index (χ0) is 14.8. The fraction of sp³-hybridized carbons (Fsp3) is 0.118. The van der Waals surface area contributed by atoms with Crippen molar-refractivity contribution in [3.63, 3.8) is 0 Å². The first-order valence-corrected chi connectivity index (χ1v) is 7.42. The Hall–Kier alpha value is -1.94. The standard InChI is InChI=1S/C17H13BrFNO/c18-16-11-20(17-4-2-1-3-15(16)17)10-14(21)9-12-5-7-13(19)8-6-12/h1-8,11H,9-10H2. The van der Waals surface area contributed by atoms with Crippen LogP contribution >= 0.6 is 15.9 Å². The molecule has 3 aromatic rings. The second-order valence-corrected chi connectivity index (χ2v) is 5.82. The number of fused-ring (bicyclic) bond motifs is 1. The van der Waals surface area contributed by atoms with Crippen LogP contribution < -0.4 is 0 Å². The van der Waals surface area contributed by atoms with Gasteiger partial charge in [0.1, 0.15) is 5.82 Å². The summed E-state index contributed by atoms with van der Waals surface area (Å²) >= 11 is 3.51. The van der Waals surface area contributed by atoms with E-state index in [2.05, 4.69) is 15.9 Å². The van der Waals surface area contributed by atoms with Crippen LogP contribution in [0.25, 0.3) is 10.9 Å². The van der Waals surface area contributed by atoms with Gasteiger partial charge >= 0.3 is 0 Å². The molecule has 106 valence electrons. The SMILES string of the molecule is O=C(Cc1ccc(F)cc1)Cn1cc(Br)c2ccccc21. The summed E-state index contributed by atoms with van der Waals surface area (Å²) < 4.78 is 15.8. The minimum Gasteiger partial charge on any atom is -0.339 e. The van der Waals surface area contributed by atoms with E-state index in [9.17, 15) is 9.18 Å². The molecule has 0 amide bonds. The highest BCUT2D eigenvalue weighted by Gasteiger charge is 2.10. The number of carbonyl (C=O) groups is 1.